The monoisotopic (exact) mass is 192 g/mol. The Morgan fingerprint density at radius 3 is 1.86 bits per heavy atom. The molecule has 14 heavy (non-hydrogen) atoms. The largest absolute Gasteiger partial charge is 0.300 e. The Hall–Kier alpha value is -1.44. The third-order valence-electron chi connectivity index (χ3n) is 1.42. The van der Waals surface area contributed by atoms with Crippen molar-refractivity contribution in [3.05, 3.63) is 35.9 Å². The minimum atomic E-state index is 0.167. The van der Waals surface area contributed by atoms with Crippen LogP contribution in [0.25, 0.3) is 0 Å². The Balaban J connectivity index is 0.000000364. The van der Waals surface area contributed by atoms with E-state index in [4.69, 9.17) is 0 Å². The van der Waals surface area contributed by atoms with E-state index in [2.05, 4.69) is 0 Å². The van der Waals surface area contributed by atoms with Crippen LogP contribution in [0, 0.1) is 0 Å². The fourth-order valence-electron chi connectivity index (χ4n) is 0.828. The third kappa shape index (κ3) is 6.12. The maximum Gasteiger partial charge on any atom is 0.162 e. The summed E-state index contributed by atoms with van der Waals surface area (Å²) in [5.74, 6) is 0.376. The van der Waals surface area contributed by atoms with Gasteiger partial charge in [-0.2, -0.15) is 0 Å². The second-order valence-electron chi connectivity index (χ2n) is 3.05. The van der Waals surface area contributed by atoms with Crippen LogP contribution in [0.15, 0.2) is 30.3 Å². The van der Waals surface area contributed by atoms with Crippen LogP contribution in [0.2, 0.25) is 0 Å². The first kappa shape index (κ1) is 12.6. The SMILES string of the molecule is CC(C)=O.CCC(=O)c1ccccc1. The summed E-state index contributed by atoms with van der Waals surface area (Å²) in [4.78, 5) is 20.5. The fraction of sp³-hybridized carbons (Fsp3) is 0.333. The molecule has 2 nitrogen and oxygen atoms in total. The maximum atomic E-state index is 11.0. The van der Waals surface area contributed by atoms with Crippen molar-refractivity contribution in [1.82, 2.24) is 0 Å². The molecule has 2 heteroatoms. The molecule has 0 aliphatic rings. The normalized spacial score (nSPS) is 8.50. The molecule has 0 N–H and O–H groups in total. The van der Waals surface area contributed by atoms with Crippen molar-refractivity contribution in [3.63, 3.8) is 0 Å². The van der Waals surface area contributed by atoms with E-state index >= 15 is 0 Å². The van der Waals surface area contributed by atoms with Crippen LogP contribution in [0.5, 0.6) is 0 Å². The lowest BCUT2D eigenvalue weighted by molar-refractivity contribution is -0.114. The van der Waals surface area contributed by atoms with Gasteiger partial charge in [-0.15, -0.1) is 0 Å². The van der Waals surface area contributed by atoms with Gasteiger partial charge < -0.3 is 4.79 Å². The van der Waals surface area contributed by atoms with E-state index in [0.717, 1.165) is 5.56 Å². The summed E-state index contributed by atoms with van der Waals surface area (Å²) < 4.78 is 0. The molecule has 0 heterocycles. The molecule has 0 atom stereocenters. The molecule has 0 bridgehead atoms. The Morgan fingerprint density at radius 1 is 1.07 bits per heavy atom. The molecule has 0 saturated heterocycles. The van der Waals surface area contributed by atoms with Gasteiger partial charge in [0.15, 0.2) is 5.78 Å². The molecule has 0 fully saturated rings. The summed E-state index contributed by atoms with van der Waals surface area (Å²) in [6.45, 7) is 4.93. The first-order chi connectivity index (χ1) is 6.57. The molecular formula is C12H16O2. The van der Waals surface area contributed by atoms with E-state index in [1.807, 2.05) is 37.3 Å². The molecule has 0 aliphatic carbocycles. The maximum absolute atomic E-state index is 11.0. The molecule has 0 spiro atoms. The number of Topliss-reactive ketones (excluding diaryl/α,β-unsaturated/α-hetero) is 2. The minimum Gasteiger partial charge on any atom is -0.300 e. The Labute approximate surface area is 84.9 Å². The van der Waals surface area contributed by atoms with Crippen LogP contribution in [-0.4, -0.2) is 11.6 Å². The van der Waals surface area contributed by atoms with Gasteiger partial charge in [-0.25, -0.2) is 0 Å². The summed E-state index contributed by atoms with van der Waals surface area (Å²) in [6.07, 6.45) is 0.587. The molecule has 1 aromatic carbocycles. The topological polar surface area (TPSA) is 34.1 Å². The van der Waals surface area contributed by atoms with Gasteiger partial charge in [0, 0.05) is 12.0 Å². The van der Waals surface area contributed by atoms with E-state index in [1.165, 1.54) is 13.8 Å². The fourth-order valence-corrected chi connectivity index (χ4v) is 0.828. The van der Waals surface area contributed by atoms with Crippen molar-refractivity contribution < 1.29 is 9.59 Å². The molecule has 0 unspecified atom stereocenters. The van der Waals surface area contributed by atoms with Gasteiger partial charge in [0.1, 0.15) is 5.78 Å². The number of hydrogen-bond acceptors (Lipinski definition) is 2. The van der Waals surface area contributed by atoms with E-state index in [0.29, 0.717) is 6.42 Å². The zero-order valence-electron chi connectivity index (χ0n) is 8.91. The second-order valence-corrected chi connectivity index (χ2v) is 3.05. The van der Waals surface area contributed by atoms with Crippen molar-refractivity contribution in [2.75, 3.05) is 0 Å². The van der Waals surface area contributed by atoms with Crippen molar-refractivity contribution in [1.29, 1.82) is 0 Å². The zero-order valence-corrected chi connectivity index (χ0v) is 8.91. The molecular weight excluding hydrogens is 176 g/mol. The van der Waals surface area contributed by atoms with Gasteiger partial charge in [0.2, 0.25) is 0 Å². The summed E-state index contributed by atoms with van der Waals surface area (Å²) in [5.41, 5.74) is 0.810. The van der Waals surface area contributed by atoms with E-state index < -0.39 is 0 Å². The summed E-state index contributed by atoms with van der Waals surface area (Å²) >= 11 is 0. The van der Waals surface area contributed by atoms with Crippen molar-refractivity contribution in [2.24, 2.45) is 0 Å². The molecule has 0 aliphatic heterocycles. The predicted octanol–water partition coefficient (Wildman–Crippen LogP) is 2.87. The van der Waals surface area contributed by atoms with Crippen LogP contribution >= 0.6 is 0 Å². The summed E-state index contributed by atoms with van der Waals surface area (Å²) in [6, 6.07) is 9.34. The highest BCUT2D eigenvalue weighted by Crippen LogP contribution is 2.01. The third-order valence-corrected chi connectivity index (χ3v) is 1.42. The average molecular weight is 192 g/mol. The van der Waals surface area contributed by atoms with Gasteiger partial charge in [-0.3, -0.25) is 4.79 Å². The van der Waals surface area contributed by atoms with Crippen LogP contribution in [-0.2, 0) is 4.79 Å². The summed E-state index contributed by atoms with van der Waals surface area (Å²) in [7, 11) is 0. The van der Waals surface area contributed by atoms with Gasteiger partial charge in [0.05, 0.1) is 0 Å². The highest BCUT2D eigenvalue weighted by Gasteiger charge is 1.98. The number of rotatable bonds is 2. The molecule has 76 valence electrons. The standard InChI is InChI=1S/C9H10O.C3H6O/c1-2-9(10)8-6-4-3-5-7-8;1-3(2)4/h3-7H,2H2,1H3;1-2H3. The lowest BCUT2D eigenvalue weighted by Gasteiger charge is -1.93. The van der Waals surface area contributed by atoms with Crippen LogP contribution in [0.3, 0.4) is 0 Å². The Kier molecular flexibility index (Phi) is 6.29. The number of ketones is 2. The van der Waals surface area contributed by atoms with Gasteiger partial charge in [0.25, 0.3) is 0 Å². The number of carbonyl (C=O) groups excluding carboxylic acids is 2. The molecule has 1 aromatic rings. The van der Waals surface area contributed by atoms with Gasteiger partial charge in [-0.05, 0) is 13.8 Å². The molecule has 0 saturated carbocycles. The van der Waals surface area contributed by atoms with Gasteiger partial charge in [-0.1, -0.05) is 37.3 Å². The first-order valence-corrected chi connectivity index (χ1v) is 4.63. The van der Waals surface area contributed by atoms with Crippen LogP contribution in [0.4, 0.5) is 0 Å². The number of carbonyl (C=O) groups is 2. The van der Waals surface area contributed by atoms with Crippen LogP contribution < -0.4 is 0 Å². The minimum absolute atomic E-state index is 0.167. The Morgan fingerprint density at radius 2 is 1.50 bits per heavy atom. The zero-order chi connectivity index (χ0) is 11.0. The highest BCUT2D eigenvalue weighted by molar-refractivity contribution is 5.95. The summed E-state index contributed by atoms with van der Waals surface area (Å²) in [5, 5.41) is 0. The molecule has 0 amide bonds. The quantitative estimate of drug-likeness (QED) is 0.675. The van der Waals surface area contributed by atoms with Crippen molar-refractivity contribution in [3.8, 4) is 0 Å². The second kappa shape index (κ2) is 7.01. The lowest BCUT2D eigenvalue weighted by atomic mass is 10.1. The van der Waals surface area contributed by atoms with Gasteiger partial charge >= 0.3 is 0 Å². The van der Waals surface area contributed by atoms with Crippen molar-refractivity contribution >= 4 is 11.6 Å². The molecule has 1 rings (SSSR count). The van der Waals surface area contributed by atoms with Crippen molar-refractivity contribution in [2.45, 2.75) is 27.2 Å². The smallest absolute Gasteiger partial charge is 0.162 e. The number of hydrogen-bond donors (Lipinski definition) is 0. The first-order valence-electron chi connectivity index (χ1n) is 4.63. The highest BCUT2D eigenvalue weighted by atomic mass is 16.1. The van der Waals surface area contributed by atoms with E-state index in [-0.39, 0.29) is 11.6 Å². The molecule has 0 radical (unpaired) electrons. The Bertz CT molecular complexity index is 284. The number of benzene rings is 1. The van der Waals surface area contributed by atoms with E-state index in [1.54, 1.807) is 0 Å². The lowest BCUT2D eigenvalue weighted by Crippen LogP contribution is -1.94. The van der Waals surface area contributed by atoms with Crippen LogP contribution in [0.1, 0.15) is 37.6 Å². The average Bonchev–Trinajstić information content (AvgIpc) is 2.17. The van der Waals surface area contributed by atoms with E-state index in [9.17, 15) is 9.59 Å². The predicted molar refractivity (Wildman–Crippen MR) is 57.4 cm³/mol. The molecule has 0 aromatic heterocycles.